The van der Waals surface area contributed by atoms with Crippen molar-refractivity contribution in [1.29, 1.82) is 0 Å². The number of hydrogen-bond acceptors (Lipinski definition) is 5. The summed E-state index contributed by atoms with van der Waals surface area (Å²) in [5, 5.41) is 0. The first-order valence-electron chi connectivity index (χ1n) is 8.34. The Morgan fingerprint density at radius 3 is 2.39 bits per heavy atom. The Morgan fingerprint density at radius 1 is 0.826 bits per heavy atom. The summed E-state index contributed by atoms with van der Waals surface area (Å²) in [6, 6.07) is 9.59. The minimum Gasteiger partial charge on any atom is -0.457 e. The first kappa shape index (κ1) is 15.8. The van der Waals surface area contributed by atoms with Crippen molar-refractivity contribution in [3.63, 3.8) is 0 Å². The highest BCUT2D eigenvalue weighted by molar-refractivity contribution is 5.69. The fraction of sp³-hybridized carbons (Fsp3) is 0.556. The van der Waals surface area contributed by atoms with E-state index in [1.54, 1.807) is 0 Å². The molecule has 0 spiro atoms. The third-order valence-corrected chi connectivity index (χ3v) is 4.42. The molecule has 2 aliphatic heterocycles. The van der Waals surface area contributed by atoms with E-state index in [-0.39, 0.29) is 18.2 Å². The predicted molar refractivity (Wildman–Crippen MR) is 82.7 cm³/mol. The van der Waals surface area contributed by atoms with Gasteiger partial charge in [0.05, 0.1) is 0 Å². The number of rotatable bonds is 1. The number of fused-ring (bicyclic) bond motifs is 1. The van der Waals surface area contributed by atoms with Crippen LogP contribution in [0, 0.1) is 0 Å². The number of ether oxygens (including phenoxy) is 3. The number of carbonyl (C=O) groups is 2. The molecule has 0 N–H and O–H groups in total. The summed E-state index contributed by atoms with van der Waals surface area (Å²) in [5.41, 5.74) is 0.916. The molecule has 5 heteroatoms. The van der Waals surface area contributed by atoms with E-state index in [1.807, 2.05) is 30.3 Å². The van der Waals surface area contributed by atoms with E-state index in [1.165, 1.54) is 0 Å². The average molecular weight is 318 g/mol. The lowest BCUT2D eigenvalue weighted by Gasteiger charge is -2.23. The van der Waals surface area contributed by atoms with Crippen LogP contribution in [0.1, 0.15) is 56.6 Å². The molecule has 0 amide bonds. The Bertz CT molecular complexity index is 542. The highest BCUT2D eigenvalue weighted by Crippen LogP contribution is 2.32. The van der Waals surface area contributed by atoms with Crippen LogP contribution in [0.5, 0.6) is 0 Å². The monoisotopic (exact) mass is 318 g/mol. The van der Waals surface area contributed by atoms with Crippen LogP contribution in [0.4, 0.5) is 4.79 Å². The van der Waals surface area contributed by atoms with Gasteiger partial charge in [-0.15, -0.1) is 0 Å². The molecule has 2 heterocycles. The average Bonchev–Trinajstić information content (AvgIpc) is 2.89. The van der Waals surface area contributed by atoms with E-state index in [0.717, 1.165) is 37.7 Å². The highest BCUT2D eigenvalue weighted by Gasteiger charge is 2.38. The second-order valence-electron chi connectivity index (χ2n) is 6.14. The molecule has 2 saturated heterocycles. The van der Waals surface area contributed by atoms with Crippen LogP contribution in [0.2, 0.25) is 0 Å². The lowest BCUT2D eigenvalue weighted by atomic mass is 9.96. The molecule has 0 unspecified atom stereocenters. The molecule has 0 aromatic heterocycles. The van der Waals surface area contributed by atoms with Crippen molar-refractivity contribution in [2.45, 2.75) is 63.3 Å². The first-order valence-corrected chi connectivity index (χ1v) is 8.34. The minimum atomic E-state index is -0.618. The maximum absolute atomic E-state index is 12.1. The second-order valence-corrected chi connectivity index (χ2v) is 6.14. The second kappa shape index (κ2) is 7.49. The summed E-state index contributed by atoms with van der Waals surface area (Å²) in [5.74, 6) is -0.193. The van der Waals surface area contributed by atoms with Gasteiger partial charge in [0.25, 0.3) is 0 Å². The molecule has 2 aliphatic rings. The van der Waals surface area contributed by atoms with Crippen LogP contribution < -0.4 is 0 Å². The third-order valence-electron chi connectivity index (χ3n) is 4.42. The summed E-state index contributed by atoms with van der Waals surface area (Å²) >= 11 is 0. The molecule has 3 atom stereocenters. The molecule has 3 rings (SSSR count). The maximum Gasteiger partial charge on any atom is 0.509 e. The lowest BCUT2D eigenvalue weighted by Crippen LogP contribution is -2.27. The zero-order valence-corrected chi connectivity index (χ0v) is 13.1. The van der Waals surface area contributed by atoms with Crippen LogP contribution in [0.25, 0.3) is 0 Å². The van der Waals surface area contributed by atoms with E-state index >= 15 is 0 Å². The standard InChI is InChI=1S/C18H22O5/c19-17-11-7-2-1-6-10-14-16(23-18(20)22-14)12-15(21-17)13-8-4-3-5-9-13/h3-5,8-9,14-16H,1-2,6-7,10-12H2/t14-,15-,16-/m1/s1. The molecule has 0 radical (unpaired) electrons. The van der Waals surface area contributed by atoms with Gasteiger partial charge in [0, 0.05) is 12.8 Å². The van der Waals surface area contributed by atoms with E-state index in [0.29, 0.717) is 12.8 Å². The summed E-state index contributed by atoms with van der Waals surface area (Å²) in [6.45, 7) is 0. The topological polar surface area (TPSA) is 61.8 Å². The van der Waals surface area contributed by atoms with Gasteiger partial charge in [-0.2, -0.15) is 0 Å². The molecule has 23 heavy (non-hydrogen) atoms. The summed E-state index contributed by atoms with van der Waals surface area (Å²) < 4.78 is 16.2. The summed E-state index contributed by atoms with van der Waals surface area (Å²) in [4.78, 5) is 23.6. The van der Waals surface area contributed by atoms with Gasteiger partial charge in [-0.1, -0.05) is 43.2 Å². The predicted octanol–water partition coefficient (Wildman–Crippen LogP) is 3.92. The van der Waals surface area contributed by atoms with Crippen LogP contribution in [0.3, 0.4) is 0 Å². The van der Waals surface area contributed by atoms with Crippen molar-refractivity contribution in [3.05, 3.63) is 35.9 Å². The Morgan fingerprint density at radius 2 is 1.57 bits per heavy atom. The van der Waals surface area contributed by atoms with Crippen molar-refractivity contribution >= 4 is 12.1 Å². The van der Waals surface area contributed by atoms with Gasteiger partial charge in [-0.05, 0) is 24.8 Å². The van der Waals surface area contributed by atoms with Crippen molar-refractivity contribution in [2.24, 2.45) is 0 Å². The van der Waals surface area contributed by atoms with Gasteiger partial charge in [0.2, 0.25) is 0 Å². The first-order chi connectivity index (χ1) is 11.2. The van der Waals surface area contributed by atoms with E-state index in [2.05, 4.69) is 0 Å². The summed E-state index contributed by atoms with van der Waals surface area (Å²) in [7, 11) is 0. The Kier molecular flexibility index (Phi) is 5.16. The van der Waals surface area contributed by atoms with Crippen LogP contribution in [0.15, 0.2) is 30.3 Å². The number of esters is 1. The van der Waals surface area contributed by atoms with Crippen molar-refractivity contribution in [3.8, 4) is 0 Å². The lowest BCUT2D eigenvalue weighted by molar-refractivity contribution is -0.151. The van der Waals surface area contributed by atoms with E-state index in [9.17, 15) is 9.59 Å². The zero-order valence-electron chi connectivity index (χ0n) is 13.1. The molecule has 0 saturated carbocycles. The molecular weight excluding hydrogens is 296 g/mol. The molecule has 5 nitrogen and oxygen atoms in total. The molecule has 2 fully saturated rings. The zero-order chi connectivity index (χ0) is 16.1. The largest absolute Gasteiger partial charge is 0.509 e. The van der Waals surface area contributed by atoms with Crippen molar-refractivity contribution < 1.29 is 23.8 Å². The fourth-order valence-electron chi connectivity index (χ4n) is 3.19. The SMILES string of the molecule is O=C1CCCCCC[C@H]2OC(=O)O[C@@H]2C[C@H](c2ccccc2)O1. The van der Waals surface area contributed by atoms with Crippen LogP contribution >= 0.6 is 0 Å². The number of carbonyl (C=O) groups excluding carboxylic acids is 2. The molecule has 124 valence electrons. The van der Waals surface area contributed by atoms with Gasteiger partial charge in [0.15, 0.2) is 0 Å². The number of cyclic esters (lactones) is 1. The van der Waals surface area contributed by atoms with Crippen molar-refractivity contribution in [2.75, 3.05) is 0 Å². The number of benzene rings is 1. The Labute approximate surface area is 135 Å². The highest BCUT2D eigenvalue weighted by atomic mass is 16.8. The smallest absolute Gasteiger partial charge is 0.457 e. The van der Waals surface area contributed by atoms with E-state index < -0.39 is 12.3 Å². The normalized spacial score (nSPS) is 29.3. The van der Waals surface area contributed by atoms with Gasteiger partial charge in [-0.3, -0.25) is 4.79 Å². The maximum atomic E-state index is 12.1. The van der Waals surface area contributed by atoms with Crippen LogP contribution in [-0.2, 0) is 19.0 Å². The molecule has 1 aromatic carbocycles. The van der Waals surface area contributed by atoms with Gasteiger partial charge in [-0.25, -0.2) is 4.79 Å². The Hall–Kier alpha value is -2.04. The van der Waals surface area contributed by atoms with Gasteiger partial charge in [0.1, 0.15) is 18.3 Å². The fourth-order valence-corrected chi connectivity index (χ4v) is 3.19. The quantitative estimate of drug-likeness (QED) is 0.734. The van der Waals surface area contributed by atoms with E-state index in [4.69, 9.17) is 14.2 Å². The molecule has 0 aliphatic carbocycles. The minimum absolute atomic E-state index is 0.193. The molecule has 0 bridgehead atoms. The van der Waals surface area contributed by atoms with Crippen LogP contribution in [-0.4, -0.2) is 24.3 Å². The summed E-state index contributed by atoms with van der Waals surface area (Å²) in [6.07, 6.45) is 3.86. The molecule has 1 aromatic rings. The number of hydrogen-bond donors (Lipinski definition) is 0. The van der Waals surface area contributed by atoms with Crippen molar-refractivity contribution in [1.82, 2.24) is 0 Å². The molecular formula is C18H22O5. The Balaban J connectivity index is 1.79. The van der Waals surface area contributed by atoms with Gasteiger partial charge < -0.3 is 14.2 Å². The third kappa shape index (κ3) is 4.24. The van der Waals surface area contributed by atoms with Gasteiger partial charge >= 0.3 is 12.1 Å².